The van der Waals surface area contributed by atoms with Gasteiger partial charge in [0.25, 0.3) is 0 Å². The molecule has 1 rings (SSSR count). The first kappa shape index (κ1) is 13.5. The Hall–Kier alpha value is -0.610. The third kappa shape index (κ3) is 4.49. The maximum atomic E-state index is 10.8. The number of carbonyl (C=O) groups excluding carboxylic acids is 1. The Morgan fingerprint density at radius 3 is 2.44 bits per heavy atom. The average molecular weight is 227 g/mol. The Balaban J connectivity index is 2.14. The van der Waals surface area contributed by atoms with E-state index in [1.807, 2.05) is 6.92 Å². The smallest absolute Gasteiger partial charge is 0.221 e. The number of primary amides is 1. The van der Waals surface area contributed by atoms with Crippen molar-refractivity contribution in [1.82, 2.24) is 10.2 Å². The van der Waals surface area contributed by atoms with Crippen LogP contribution in [0.3, 0.4) is 0 Å². The van der Waals surface area contributed by atoms with Crippen LogP contribution in [0, 0.1) is 5.92 Å². The van der Waals surface area contributed by atoms with Crippen LogP contribution in [-0.4, -0.2) is 43.0 Å². The first-order valence-corrected chi connectivity index (χ1v) is 6.35. The van der Waals surface area contributed by atoms with Gasteiger partial charge in [0, 0.05) is 25.0 Å². The van der Waals surface area contributed by atoms with Gasteiger partial charge in [-0.15, -0.1) is 0 Å². The molecule has 1 aliphatic heterocycles. The van der Waals surface area contributed by atoms with Gasteiger partial charge in [-0.05, 0) is 32.9 Å². The lowest BCUT2D eigenvalue weighted by atomic mass is 10.1. The summed E-state index contributed by atoms with van der Waals surface area (Å²) in [6, 6.07) is 0.556. The van der Waals surface area contributed by atoms with E-state index in [-0.39, 0.29) is 11.8 Å². The zero-order valence-electron chi connectivity index (χ0n) is 10.5. The van der Waals surface area contributed by atoms with Gasteiger partial charge in [0.1, 0.15) is 0 Å². The number of carbonyl (C=O) groups is 1. The number of hydrogen-bond acceptors (Lipinski definition) is 3. The molecule has 94 valence electrons. The molecule has 1 amide bonds. The van der Waals surface area contributed by atoms with E-state index in [1.165, 1.54) is 32.4 Å². The van der Waals surface area contributed by atoms with Crippen LogP contribution in [0.2, 0.25) is 0 Å². The Morgan fingerprint density at radius 2 is 1.88 bits per heavy atom. The van der Waals surface area contributed by atoms with E-state index in [0.717, 1.165) is 6.54 Å². The highest BCUT2D eigenvalue weighted by Gasteiger charge is 2.16. The molecule has 2 atom stereocenters. The maximum Gasteiger partial charge on any atom is 0.221 e. The third-order valence-electron chi connectivity index (χ3n) is 3.39. The average Bonchev–Trinajstić information content (AvgIpc) is 2.29. The number of hydrogen-bond donors (Lipinski definition) is 2. The van der Waals surface area contributed by atoms with Crippen molar-refractivity contribution in [3.05, 3.63) is 0 Å². The number of rotatable bonds is 6. The predicted molar refractivity (Wildman–Crippen MR) is 66.1 cm³/mol. The highest BCUT2D eigenvalue weighted by Crippen LogP contribution is 2.11. The molecular formula is C12H25N3O. The second-order valence-corrected chi connectivity index (χ2v) is 4.91. The van der Waals surface area contributed by atoms with Crippen LogP contribution < -0.4 is 11.1 Å². The largest absolute Gasteiger partial charge is 0.369 e. The van der Waals surface area contributed by atoms with E-state index in [1.54, 1.807) is 0 Å². The molecule has 4 nitrogen and oxygen atoms in total. The molecule has 0 radical (unpaired) electrons. The fraction of sp³-hybridized carbons (Fsp3) is 0.917. The van der Waals surface area contributed by atoms with Crippen molar-refractivity contribution in [2.24, 2.45) is 11.7 Å². The SMILES string of the molecule is CC(CNCC(C)N1CCCCC1)C(N)=O. The molecule has 3 N–H and O–H groups in total. The molecule has 0 spiro atoms. The normalized spacial score (nSPS) is 21.6. The molecule has 4 heteroatoms. The zero-order chi connectivity index (χ0) is 12.0. The minimum atomic E-state index is -0.224. The summed E-state index contributed by atoms with van der Waals surface area (Å²) in [6.45, 7) is 8.17. The molecule has 1 saturated heterocycles. The molecule has 1 heterocycles. The van der Waals surface area contributed by atoms with Gasteiger partial charge >= 0.3 is 0 Å². The minimum absolute atomic E-state index is 0.0754. The number of piperidine rings is 1. The molecule has 0 aromatic heterocycles. The van der Waals surface area contributed by atoms with Crippen LogP contribution in [0.5, 0.6) is 0 Å². The molecule has 2 unspecified atom stereocenters. The fourth-order valence-corrected chi connectivity index (χ4v) is 2.10. The second-order valence-electron chi connectivity index (χ2n) is 4.91. The Kier molecular flexibility index (Phi) is 5.77. The molecule has 0 aliphatic carbocycles. The Bertz CT molecular complexity index is 214. The zero-order valence-corrected chi connectivity index (χ0v) is 10.5. The molecule has 0 saturated carbocycles. The van der Waals surface area contributed by atoms with Crippen molar-refractivity contribution in [2.45, 2.75) is 39.2 Å². The van der Waals surface area contributed by atoms with Crippen LogP contribution in [0.25, 0.3) is 0 Å². The van der Waals surface area contributed by atoms with E-state index >= 15 is 0 Å². The number of nitrogens with two attached hydrogens (primary N) is 1. The molecule has 0 bridgehead atoms. The molecule has 1 aliphatic rings. The highest BCUT2D eigenvalue weighted by atomic mass is 16.1. The molecule has 1 fully saturated rings. The van der Waals surface area contributed by atoms with Gasteiger partial charge in [0.05, 0.1) is 0 Å². The van der Waals surface area contributed by atoms with Gasteiger partial charge in [0.2, 0.25) is 5.91 Å². The predicted octanol–water partition coefficient (Wildman–Crippen LogP) is 0.572. The van der Waals surface area contributed by atoms with Crippen molar-refractivity contribution in [1.29, 1.82) is 0 Å². The number of nitrogens with zero attached hydrogens (tertiary/aromatic N) is 1. The first-order valence-electron chi connectivity index (χ1n) is 6.35. The standard InChI is InChI=1S/C12H25N3O/c1-10(12(13)16)8-14-9-11(2)15-6-4-3-5-7-15/h10-11,14H,3-9H2,1-2H3,(H2,13,16). The van der Waals surface area contributed by atoms with Crippen LogP contribution in [0.4, 0.5) is 0 Å². The lowest BCUT2D eigenvalue weighted by Crippen LogP contribution is -2.44. The minimum Gasteiger partial charge on any atom is -0.369 e. The Morgan fingerprint density at radius 1 is 1.25 bits per heavy atom. The molecule has 0 aromatic rings. The highest BCUT2D eigenvalue weighted by molar-refractivity contribution is 5.76. The number of amides is 1. The van der Waals surface area contributed by atoms with Gasteiger partial charge in [-0.25, -0.2) is 0 Å². The molecular weight excluding hydrogens is 202 g/mol. The van der Waals surface area contributed by atoms with Gasteiger partial charge in [0.15, 0.2) is 0 Å². The lowest BCUT2D eigenvalue weighted by Gasteiger charge is -2.32. The summed E-state index contributed by atoms with van der Waals surface area (Å²) in [6.07, 6.45) is 4.01. The van der Waals surface area contributed by atoms with Gasteiger partial charge in [-0.1, -0.05) is 13.3 Å². The van der Waals surface area contributed by atoms with Crippen LogP contribution in [0.1, 0.15) is 33.1 Å². The summed E-state index contributed by atoms with van der Waals surface area (Å²) in [5, 5.41) is 3.32. The van der Waals surface area contributed by atoms with Crippen LogP contribution in [0.15, 0.2) is 0 Å². The van der Waals surface area contributed by atoms with Gasteiger partial charge in [-0.3, -0.25) is 9.69 Å². The van der Waals surface area contributed by atoms with Crippen molar-refractivity contribution in [3.8, 4) is 0 Å². The van der Waals surface area contributed by atoms with Crippen molar-refractivity contribution < 1.29 is 4.79 Å². The Labute approximate surface area is 98.6 Å². The van der Waals surface area contributed by atoms with E-state index in [2.05, 4.69) is 17.1 Å². The fourth-order valence-electron chi connectivity index (χ4n) is 2.10. The summed E-state index contributed by atoms with van der Waals surface area (Å²) in [4.78, 5) is 13.4. The molecule has 0 aromatic carbocycles. The van der Waals surface area contributed by atoms with Crippen molar-refractivity contribution in [3.63, 3.8) is 0 Å². The van der Waals surface area contributed by atoms with Crippen LogP contribution >= 0.6 is 0 Å². The summed E-state index contributed by atoms with van der Waals surface area (Å²) in [5.74, 6) is -0.299. The third-order valence-corrected chi connectivity index (χ3v) is 3.39. The van der Waals surface area contributed by atoms with E-state index in [4.69, 9.17) is 5.73 Å². The number of likely N-dealkylation sites (tertiary alicyclic amines) is 1. The summed E-state index contributed by atoms with van der Waals surface area (Å²) < 4.78 is 0. The van der Waals surface area contributed by atoms with E-state index < -0.39 is 0 Å². The van der Waals surface area contributed by atoms with E-state index in [0.29, 0.717) is 12.6 Å². The van der Waals surface area contributed by atoms with Gasteiger partial charge < -0.3 is 11.1 Å². The number of nitrogens with one attached hydrogen (secondary N) is 1. The second kappa shape index (κ2) is 6.86. The first-order chi connectivity index (χ1) is 7.61. The summed E-state index contributed by atoms with van der Waals surface area (Å²) in [7, 11) is 0. The lowest BCUT2D eigenvalue weighted by molar-refractivity contribution is -0.121. The van der Waals surface area contributed by atoms with E-state index in [9.17, 15) is 4.79 Å². The summed E-state index contributed by atoms with van der Waals surface area (Å²) in [5.41, 5.74) is 5.21. The maximum absolute atomic E-state index is 10.8. The van der Waals surface area contributed by atoms with Crippen molar-refractivity contribution in [2.75, 3.05) is 26.2 Å². The van der Waals surface area contributed by atoms with Gasteiger partial charge in [-0.2, -0.15) is 0 Å². The van der Waals surface area contributed by atoms with Crippen molar-refractivity contribution >= 4 is 5.91 Å². The molecule has 16 heavy (non-hydrogen) atoms. The monoisotopic (exact) mass is 227 g/mol. The quantitative estimate of drug-likeness (QED) is 0.697. The topological polar surface area (TPSA) is 58.4 Å². The van der Waals surface area contributed by atoms with Crippen LogP contribution in [-0.2, 0) is 4.79 Å². The summed E-state index contributed by atoms with van der Waals surface area (Å²) >= 11 is 0.